The van der Waals surface area contributed by atoms with Crippen molar-refractivity contribution in [2.24, 2.45) is 0 Å². The number of ketones is 1. The summed E-state index contributed by atoms with van der Waals surface area (Å²) in [6.45, 7) is 1.87. The summed E-state index contributed by atoms with van der Waals surface area (Å²) in [5.41, 5.74) is 2.11. The molecular formula is C21H23NO5. The summed E-state index contributed by atoms with van der Waals surface area (Å²) in [7, 11) is 0. The van der Waals surface area contributed by atoms with E-state index in [4.69, 9.17) is 9.84 Å². The molecule has 0 atom stereocenters. The summed E-state index contributed by atoms with van der Waals surface area (Å²) < 4.78 is 5.58. The highest BCUT2D eigenvalue weighted by molar-refractivity contribution is 5.94. The number of rotatable bonds is 10. The van der Waals surface area contributed by atoms with Crippen molar-refractivity contribution in [1.29, 1.82) is 0 Å². The minimum absolute atomic E-state index is 0.0228. The molecule has 0 fully saturated rings. The molecule has 6 nitrogen and oxygen atoms in total. The molecule has 2 aromatic carbocycles. The summed E-state index contributed by atoms with van der Waals surface area (Å²) in [5, 5.41) is 11.5. The molecule has 0 aromatic heterocycles. The summed E-state index contributed by atoms with van der Waals surface area (Å²) in [6, 6.07) is 14.1. The van der Waals surface area contributed by atoms with Crippen molar-refractivity contribution in [1.82, 2.24) is 0 Å². The van der Waals surface area contributed by atoms with Gasteiger partial charge in [-0.05, 0) is 49.6 Å². The predicted octanol–water partition coefficient (Wildman–Crippen LogP) is 3.70. The number of hydrogen-bond donors (Lipinski definition) is 2. The van der Waals surface area contributed by atoms with Crippen molar-refractivity contribution in [3.05, 3.63) is 59.7 Å². The van der Waals surface area contributed by atoms with Crippen molar-refractivity contribution in [2.45, 2.75) is 32.6 Å². The average Bonchev–Trinajstić information content (AvgIpc) is 2.64. The van der Waals surface area contributed by atoms with Gasteiger partial charge in [-0.15, -0.1) is 0 Å². The molecule has 2 aromatic rings. The molecular weight excluding hydrogens is 346 g/mol. The first-order valence-corrected chi connectivity index (χ1v) is 8.78. The first-order chi connectivity index (χ1) is 12.9. The van der Waals surface area contributed by atoms with E-state index in [1.54, 1.807) is 42.5 Å². The first-order valence-electron chi connectivity index (χ1n) is 8.78. The Hall–Kier alpha value is -3.15. The van der Waals surface area contributed by atoms with Crippen LogP contribution in [0.25, 0.3) is 0 Å². The van der Waals surface area contributed by atoms with E-state index < -0.39 is 5.97 Å². The Bertz CT molecular complexity index is 816. The lowest BCUT2D eigenvalue weighted by Gasteiger charge is -2.09. The molecule has 2 rings (SSSR count). The summed E-state index contributed by atoms with van der Waals surface area (Å²) in [6.07, 6.45) is 1.31. The largest absolute Gasteiger partial charge is 0.494 e. The lowest BCUT2D eigenvalue weighted by Crippen LogP contribution is -2.13. The van der Waals surface area contributed by atoms with Gasteiger partial charge >= 0.3 is 5.97 Å². The van der Waals surface area contributed by atoms with Crippen molar-refractivity contribution in [3.8, 4) is 5.75 Å². The molecule has 0 radical (unpaired) electrons. The molecule has 0 spiro atoms. The molecule has 0 aliphatic carbocycles. The second kappa shape index (κ2) is 10.1. The molecule has 0 saturated heterocycles. The molecule has 1 amide bonds. The van der Waals surface area contributed by atoms with Crippen molar-refractivity contribution in [2.75, 3.05) is 11.9 Å². The second-order valence-electron chi connectivity index (χ2n) is 6.18. The van der Waals surface area contributed by atoms with Gasteiger partial charge in [0.2, 0.25) is 5.91 Å². The number of amides is 1. The van der Waals surface area contributed by atoms with E-state index in [1.807, 2.05) is 6.07 Å². The summed E-state index contributed by atoms with van der Waals surface area (Å²) in [4.78, 5) is 34.0. The lowest BCUT2D eigenvalue weighted by molar-refractivity contribution is -0.137. The van der Waals surface area contributed by atoms with Gasteiger partial charge in [-0.25, -0.2) is 0 Å². The maximum atomic E-state index is 12.0. The highest BCUT2D eigenvalue weighted by Gasteiger charge is 2.06. The van der Waals surface area contributed by atoms with E-state index in [1.165, 1.54) is 6.92 Å². The van der Waals surface area contributed by atoms with Crippen LogP contribution in [0.5, 0.6) is 5.75 Å². The van der Waals surface area contributed by atoms with Crippen LogP contribution in [0, 0.1) is 0 Å². The minimum atomic E-state index is -0.849. The number of hydrogen-bond acceptors (Lipinski definition) is 4. The van der Waals surface area contributed by atoms with E-state index >= 15 is 0 Å². The Morgan fingerprint density at radius 1 is 1.04 bits per heavy atom. The van der Waals surface area contributed by atoms with Gasteiger partial charge in [-0.1, -0.05) is 24.3 Å². The molecule has 0 heterocycles. The topological polar surface area (TPSA) is 92.7 Å². The summed E-state index contributed by atoms with van der Waals surface area (Å²) in [5.74, 6) is -0.399. The number of benzene rings is 2. The van der Waals surface area contributed by atoms with Crippen LogP contribution in [-0.2, 0) is 16.0 Å². The maximum Gasteiger partial charge on any atom is 0.303 e. The van der Waals surface area contributed by atoms with Crippen LogP contribution in [-0.4, -0.2) is 29.4 Å². The third-order valence-electron chi connectivity index (χ3n) is 3.90. The van der Waals surface area contributed by atoms with Crippen molar-refractivity contribution < 1.29 is 24.2 Å². The van der Waals surface area contributed by atoms with Gasteiger partial charge in [0, 0.05) is 24.1 Å². The average molecular weight is 369 g/mol. The Morgan fingerprint density at radius 2 is 1.81 bits per heavy atom. The quantitative estimate of drug-likeness (QED) is 0.492. The zero-order valence-electron chi connectivity index (χ0n) is 15.2. The van der Waals surface area contributed by atoms with Crippen LogP contribution < -0.4 is 10.1 Å². The number of carbonyl (C=O) groups excluding carboxylic acids is 2. The number of aliphatic carboxylic acids is 1. The zero-order chi connectivity index (χ0) is 19.6. The van der Waals surface area contributed by atoms with Gasteiger partial charge in [0.15, 0.2) is 5.78 Å². The van der Waals surface area contributed by atoms with Gasteiger partial charge in [0.25, 0.3) is 0 Å². The fourth-order valence-electron chi connectivity index (χ4n) is 2.51. The molecule has 142 valence electrons. The molecule has 0 aliphatic heterocycles. The van der Waals surface area contributed by atoms with E-state index in [2.05, 4.69) is 5.32 Å². The van der Waals surface area contributed by atoms with Crippen LogP contribution in [0.1, 0.15) is 42.1 Å². The molecule has 2 N–H and O–H groups in total. The number of Topliss-reactive ketones (excluding diaryl/α,β-unsaturated/α-hetero) is 1. The van der Waals surface area contributed by atoms with Crippen LogP contribution in [0.2, 0.25) is 0 Å². The van der Waals surface area contributed by atoms with Crippen molar-refractivity contribution in [3.63, 3.8) is 0 Å². The van der Waals surface area contributed by atoms with E-state index in [0.29, 0.717) is 42.9 Å². The first kappa shape index (κ1) is 20.2. The van der Waals surface area contributed by atoms with Crippen LogP contribution in [0.4, 0.5) is 5.69 Å². The third-order valence-corrected chi connectivity index (χ3v) is 3.90. The number of aryl methyl sites for hydroxylation is 1. The lowest BCUT2D eigenvalue weighted by atomic mass is 10.1. The minimum Gasteiger partial charge on any atom is -0.494 e. The Balaban J connectivity index is 1.75. The Labute approximate surface area is 158 Å². The highest BCUT2D eigenvalue weighted by atomic mass is 16.5. The van der Waals surface area contributed by atoms with E-state index in [-0.39, 0.29) is 18.1 Å². The fraction of sp³-hybridized carbons (Fsp3) is 0.286. The molecule has 27 heavy (non-hydrogen) atoms. The number of ether oxygens (including phenoxy) is 1. The third kappa shape index (κ3) is 7.32. The van der Waals surface area contributed by atoms with Gasteiger partial charge in [-0.3, -0.25) is 14.4 Å². The highest BCUT2D eigenvalue weighted by Crippen LogP contribution is 2.15. The number of nitrogens with one attached hydrogen (secondary N) is 1. The van der Waals surface area contributed by atoms with E-state index in [0.717, 1.165) is 5.56 Å². The Kier molecular flexibility index (Phi) is 7.55. The summed E-state index contributed by atoms with van der Waals surface area (Å²) >= 11 is 0. The normalized spacial score (nSPS) is 10.3. The molecule has 0 aliphatic rings. The second-order valence-corrected chi connectivity index (χ2v) is 6.18. The number of carboxylic acids is 1. The number of carbonyl (C=O) groups is 3. The van der Waals surface area contributed by atoms with Gasteiger partial charge in [-0.2, -0.15) is 0 Å². The monoisotopic (exact) mass is 369 g/mol. The SMILES string of the molecule is CC(=O)c1cccc(OCCCC(=O)Nc2cccc(CCC(=O)O)c2)c1. The zero-order valence-corrected chi connectivity index (χ0v) is 15.2. The van der Waals surface area contributed by atoms with Crippen LogP contribution in [0.3, 0.4) is 0 Å². The van der Waals surface area contributed by atoms with Gasteiger partial charge in [0.1, 0.15) is 5.75 Å². The van der Waals surface area contributed by atoms with Crippen LogP contribution in [0.15, 0.2) is 48.5 Å². The fourth-order valence-corrected chi connectivity index (χ4v) is 2.51. The molecule has 0 unspecified atom stereocenters. The van der Waals surface area contributed by atoms with Gasteiger partial charge < -0.3 is 15.2 Å². The molecule has 0 saturated carbocycles. The predicted molar refractivity (Wildman–Crippen MR) is 102 cm³/mol. The van der Waals surface area contributed by atoms with Gasteiger partial charge in [0.05, 0.1) is 6.61 Å². The maximum absolute atomic E-state index is 12.0. The number of carboxylic acid groups (broad SMARTS) is 1. The smallest absolute Gasteiger partial charge is 0.303 e. The van der Waals surface area contributed by atoms with Crippen LogP contribution >= 0.6 is 0 Å². The Morgan fingerprint density at radius 3 is 2.56 bits per heavy atom. The molecule has 6 heteroatoms. The molecule has 0 bridgehead atoms. The van der Waals surface area contributed by atoms with Crippen molar-refractivity contribution >= 4 is 23.3 Å². The standard InChI is InChI=1S/C21H23NO5/c1-15(23)17-6-3-8-19(14-17)27-12-4-9-20(24)22-18-7-2-5-16(13-18)10-11-21(25)26/h2-3,5-8,13-14H,4,9-12H2,1H3,(H,22,24)(H,25,26). The number of anilines is 1. The van der Waals surface area contributed by atoms with E-state index in [9.17, 15) is 14.4 Å².